The van der Waals surface area contributed by atoms with Crippen LogP contribution in [0.5, 0.6) is 0 Å². The van der Waals surface area contributed by atoms with Crippen LogP contribution in [0.15, 0.2) is 18.2 Å². The monoisotopic (exact) mass is 268 g/mol. The Hall–Kier alpha value is -1.00. The molecule has 1 aromatic rings. The number of piperidine rings is 1. The smallest absolute Gasteiger partial charge is 0.126 e. The van der Waals surface area contributed by atoms with Crippen LogP contribution in [0.3, 0.4) is 0 Å². The van der Waals surface area contributed by atoms with Crippen molar-refractivity contribution in [1.29, 1.82) is 0 Å². The van der Waals surface area contributed by atoms with Crippen molar-refractivity contribution in [3.63, 3.8) is 0 Å². The van der Waals surface area contributed by atoms with Gasteiger partial charge in [0.05, 0.1) is 0 Å². The molecule has 1 heterocycles. The molecule has 2 rings (SSSR count). The first-order valence-corrected chi connectivity index (χ1v) is 6.98. The van der Waals surface area contributed by atoms with E-state index in [1.807, 2.05) is 7.05 Å². The summed E-state index contributed by atoms with van der Waals surface area (Å²) >= 11 is 0. The van der Waals surface area contributed by atoms with Crippen LogP contribution in [-0.2, 0) is 6.42 Å². The largest absolute Gasteiger partial charge is 0.316 e. The Balaban J connectivity index is 1.79. The molecule has 0 spiro atoms. The molecule has 106 valence electrons. The molecule has 1 aliphatic rings. The lowest BCUT2D eigenvalue weighted by Gasteiger charge is -2.27. The maximum atomic E-state index is 13.5. The Morgan fingerprint density at radius 1 is 1.37 bits per heavy atom. The first-order chi connectivity index (χ1) is 9.15. The number of benzene rings is 1. The Kier molecular flexibility index (Phi) is 5.28. The van der Waals surface area contributed by atoms with Gasteiger partial charge in [0, 0.05) is 13.1 Å². The van der Waals surface area contributed by atoms with Crippen LogP contribution in [0.4, 0.5) is 8.78 Å². The van der Waals surface area contributed by atoms with Crippen LogP contribution >= 0.6 is 0 Å². The Labute approximate surface area is 113 Å². The number of hydrogen-bond donors (Lipinski definition) is 1. The molecule has 19 heavy (non-hydrogen) atoms. The number of rotatable bonds is 5. The SMILES string of the molecule is CN(CCc1cc(F)ccc1F)CC1CCCNC1. The lowest BCUT2D eigenvalue weighted by molar-refractivity contribution is 0.244. The third-order valence-electron chi connectivity index (χ3n) is 3.74. The fourth-order valence-corrected chi connectivity index (χ4v) is 2.66. The van der Waals surface area contributed by atoms with E-state index in [4.69, 9.17) is 0 Å². The first-order valence-electron chi connectivity index (χ1n) is 6.98. The van der Waals surface area contributed by atoms with E-state index in [1.54, 1.807) is 0 Å². The zero-order valence-electron chi connectivity index (χ0n) is 11.5. The Morgan fingerprint density at radius 2 is 2.21 bits per heavy atom. The highest BCUT2D eigenvalue weighted by molar-refractivity contribution is 5.18. The van der Waals surface area contributed by atoms with Gasteiger partial charge in [-0.05, 0) is 69.1 Å². The number of likely N-dealkylation sites (N-methyl/N-ethyl adjacent to an activating group) is 1. The van der Waals surface area contributed by atoms with Crippen molar-refractivity contribution >= 4 is 0 Å². The fourth-order valence-electron chi connectivity index (χ4n) is 2.66. The average molecular weight is 268 g/mol. The molecule has 0 radical (unpaired) electrons. The van der Waals surface area contributed by atoms with Gasteiger partial charge in [0.15, 0.2) is 0 Å². The van der Waals surface area contributed by atoms with Crippen molar-refractivity contribution in [3.05, 3.63) is 35.4 Å². The second-order valence-corrected chi connectivity index (χ2v) is 5.46. The van der Waals surface area contributed by atoms with Crippen LogP contribution in [0.2, 0.25) is 0 Å². The summed E-state index contributed by atoms with van der Waals surface area (Å²) in [5.74, 6) is 0.000716. The van der Waals surface area contributed by atoms with E-state index in [2.05, 4.69) is 10.2 Å². The van der Waals surface area contributed by atoms with Gasteiger partial charge in [-0.3, -0.25) is 0 Å². The van der Waals surface area contributed by atoms with Crippen LogP contribution in [-0.4, -0.2) is 38.1 Å². The summed E-state index contributed by atoms with van der Waals surface area (Å²) in [6, 6.07) is 3.66. The van der Waals surface area contributed by atoms with E-state index >= 15 is 0 Å². The van der Waals surface area contributed by atoms with Crippen LogP contribution in [0.1, 0.15) is 18.4 Å². The summed E-state index contributed by atoms with van der Waals surface area (Å²) in [6.07, 6.45) is 3.04. The molecule has 0 amide bonds. The summed E-state index contributed by atoms with van der Waals surface area (Å²) in [7, 11) is 2.05. The van der Waals surface area contributed by atoms with Gasteiger partial charge in [0.2, 0.25) is 0 Å². The van der Waals surface area contributed by atoms with E-state index in [-0.39, 0.29) is 11.6 Å². The second-order valence-electron chi connectivity index (χ2n) is 5.46. The molecular formula is C15H22F2N2. The summed E-state index contributed by atoms with van der Waals surface area (Å²) in [6.45, 7) is 3.97. The van der Waals surface area contributed by atoms with E-state index in [1.165, 1.54) is 25.0 Å². The molecule has 1 aliphatic heterocycles. The van der Waals surface area contributed by atoms with Gasteiger partial charge in [-0.1, -0.05) is 0 Å². The zero-order valence-corrected chi connectivity index (χ0v) is 11.5. The lowest BCUT2D eigenvalue weighted by atomic mass is 9.99. The van der Waals surface area contributed by atoms with Gasteiger partial charge in [-0.15, -0.1) is 0 Å². The van der Waals surface area contributed by atoms with Gasteiger partial charge in [-0.25, -0.2) is 8.78 Å². The van der Waals surface area contributed by atoms with Crippen molar-refractivity contribution in [1.82, 2.24) is 10.2 Å². The van der Waals surface area contributed by atoms with E-state index in [9.17, 15) is 8.78 Å². The van der Waals surface area contributed by atoms with Crippen molar-refractivity contribution in [2.75, 3.05) is 33.2 Å². The molecule has 2 nitrogen and oxygen atoms in total. The molecule has 1 unspecified atom stereocenters. The third kappa shape index (κ3) is 4.55. The van der Waals surface area contributed by atoms with Gasteiger partial charge < -0.3 is 10.2 Å². The minimum absolute atomic E-state index is 0.311. The van der Waals surface area contributed by atoms with Crippen molar-refractivity contribution in [2.24, 2.45) is 5.92 Å². The second kappa shape index (κ2) is 6.96. The highest BCUT2D eigenvalue weighted by atomic mass is 19.1. The Morgan fingerprint density at radius 3 is 2.95 bits per heavy atom. The van der Waals surface area contributed by atoms with Gasteiger partial charge in [-0.2, -0.15) is 0 Å². The number of hydrogen-bond acceptors (Lipinski definition) is 2. The molecule has 1 saturated heterocycles. The normalized spacial score (nSPS) is 19.9. The van der Waals surface area contributed by atoms with Crippen molar-refractivity contribution in [2.45, 2.75) is 19.3 Å². The molecule has 0 saturated carbocycles. The average Bonchev–Trinajstić information content (AvgIpc) is 2.41. The zero-order chi connectivity index (χ0) is 13.7. The fraction of sp³-hybridized carbons (Fsp3) is 0.600. The highest BCUT2D eigenvalue weighted by Crippen LogP contribution is 2.13. The molecule has 0 aliphatic carbocycles. The van der Waals surface area contributed by atoms with Crippen molar-refractivity contribution < 1.29 is 8.78 Å². The molecule has 1 N–H and O–H groups in total. The lowest BCUT2D eigenvalue weighted by Crippen LogP contribution is -2.37. The van der Waals surface area contributed by atoms with Crippen LogP contribution < -0.4 is 5.32 Å². The molecule has 4 heteroatoms. The number of halogens is 2. The van der Waals surface area contributed by atoms with Crippen molar-refractivity contribution in [3.8, 4) is 0 Å². The van der Waals surface area contributed by atoms with Crippen LogP contribution in [0.25, 0.3) is 0 Å². The molecule has 1 atom stereocenters. The predicted molar refractivity (Wildman–Crippen MR) is 73.2 cm³/mol. The quantitative estimate of drug-likeness (QED) is 0.882. The summed E-state index contributed by atoms with van der Waals surface area (Å²) in [5, 5.41) is 3.39. The molecule has 0 aromatic heterocycles. The summed E-state index contributed by atoms with van der Waals surface area (Å²) in [5.41, 5.74) is 0.466. The topological polar surface area (TPSA) is 15.3 Å². The standard InChI is InChI=1S/C15H22F2N2/c1-19(11-12-3-2-7-18-10-12)8-6-13-9-14(16)4-5-15(13)17/h4-5,9,12,18H,2-3,6-8,10-11H2,1H3. The van der Waals surface area contributed by atoms with Gasteiger partial charge >= 0.3 is 0 Å². The minimum Gasteiger partial charge on any atom is -0.316 e. The number of nitrogens with zero attached hydrogens (tertiary/aromatic N) is 1. The predicted octanol–water partition coefficient (Wildman–Crippen LogP) is 2.44. The maximum Gasteiger partial charge on any atom is 0.126 e. The van der Waals surface area contributed by atoms with E-state index < -0.39 is 0 Å². The van der Waals surface area contributed by atoms with Gasteiger partial charge in [0.1, 0.15) is 11.6 Å². The third-order valence-corrected chi connectivity index (χ3v) is 3.74. The molecule has 1 fully saturated rings. The molecular weight excluding hydrogens is 246 g/mol. The highest BCUT2D eigenvalue weighted by Gasteiger charge is 2.15. The van der Waals surface area contributed by atoms with E-state index in [0.717, 1.165) is 32.2 Å². The van der Waals surface area contributed by atoms with Crippen LogP contribution in [0, 0.1) is 17.6 Å². The summed E-state index contributed by atoms with van der Waals surface area (Å²) < 4.78 is 26.5. The Bertz CT molecular complexity index is 403. The first kappa shape index (κ1) is 14.4. The summed E-state index contributed by atoms with van der Waals surface area (Å²) in [4.78, 5) is 2.21. The van der Waals surface area contributed by atoms with Gasteiger partial charge in [0.25, 0.3) is 0 Å². The minimum atomic E-state index is -0.365. The van der Waals surface area contributed by atoms with E-state index in [0.29, 0.717) is 17.9 Å². The number of nitrogens with one attached hydrogen (secondary N) is 1. The maximum absolute atomic E-state index is 13.5. The molecule has 0 bridgehead atoms. The molecule has 1 aromatic carbocycles.